The van der Waals surface area contributed by atoms with Crippen molar-refractivity contribution in [3.05, 3.63) is 95.6 Å². The zero-order chi connectivity index (χ0) is 27.7. The highest BCUT2D eigenvalue weighted by Gasteiger charge is 2.55. The molecular weight excluding hydrogens is 492 g/mol. The fourth-order valence-corrected chi connectivity index (χ4v) is 5.69. The number of Topliss-reactive ketones (excluding diaryl/α,β-unsaturated/α-hetero) is 1. The van der Waals surface area contributed by atoms with Gasteiger partial charge in [-0.15, -0.1) is 0 Å². The van der Waals surface area contributed by atoms with Crippen molar-refractivity contribution < 1.29 is 23.9 Å². The standard InChI is InChI=1S/C32H32N2O5/c1-32(2,3)26-15-14-22(33-31(38)39-19-20-10-6-4-7-11-20)16-27(26)34-29(36)25-18-23(35)17-24(28(25)30(34)37)21-12-8-5-9-13-21/h4-16,24-25,28H,17-19H2,1-3H3,(H,33,38)/t24-,25-,28+/m1/s1. The van der Waals surface area contributed by atoms with Crippen molar-refractivity contribution in [2.24, 2.45) is 11.8 Å². The molecule has 3 aromatic rings. The summed E-state index contributed by atoms with van der Waals surface area (Å²) in [7, 11) is 0. The van der Waals surface area contributed by atoms with E-state index in [4.69, 9.17) is 4.74 Å². The maximum Gasteiger partial charge on any atom is 0.411 e. The van der Waals surface area contributed by atoms with Crippen LogP contribution in [0, 0.1) is 11.8 Å². The van der Waals surface area contributed by atoms with E-state index in [1.807, 2.05) is 87.5 Å². The monoisotopic (exact) mass is 524 g/mol. The topological polar surface area (TPSA) is 92.8 Å². The van der Waals surface area contributed by atoms with Gasteiger partial charge >= 0.3 is 6.09 Å². The summed E-state index contributed by atoms with van der Waals surface area (Å²) < 4.78 is 5.35. The van der Waals surface area contributed by atoms with E-state index in [0.29, 0.717) is 11.4 Å². The Labute approximate surface area is 228 Å². The second-order valence-corrected chi connectivity index (χ2v) is 11.3. The molecule has 0 unspecified atom stereocenters. The molecule has 1 aliphatic heterocycles. The van der Waals surface area contributed by atoms with Gasteiger partial charge in [-0.2, -0.15) is 0 Å². The summed E-state index contributed by atoms with van der Waals surface area (Å²) in [5, 5.41) is 2.72. The van der Waals surface area contributed by atoms with Crippen LogP contribution < -0.4 is 10.2 Å². The lowest BCUT2D eigenvalue weighted by atomic mass is 9.70. The third kappa shape index (κ3) is 5.35. The number of fused-ring (bicyclic) bond motifs is 1. The zero-order valence-corrected chi connectivity index (χ0v) is 22.3. The lowest BCUT2D eigenvalue weighted by Gasteiger charge is -2.30. The normalized spacial score (nSPS) is 21.1. The highest BCUT2D eigenvalue weighted by molar-refractivity contribution is 6.24. The fourth-order valence-electron chi connectivity index (χ4n) is 5.69. The van der Waals surface area contributed by atoms with Crippen LogP contribution in [-0.2, 0) is 31.1 Å². The van der Waals surface area contributed by atoms with Crippen LogP contribution in [0.2, 0.25) is 0 Å². The molecule has 1 N–H and O–H groups in total. The first-order valence-corrected chi connectivity index (χ1v) is 13.2. The van der Waals surface area contributed by atoms with Crippen LogP contribution in [0.3, 0.4) is 0 Å². The Bertz CT molecular complexity index is 1410. The molecule has 3 atom stereocenters. The number of carbonyl (C=O) groups is 4. The molecule has 7 nitrogen and oxygen atoms in total. The molecule has 2 fully saturated rings. The fraction of sp³-hybridized carbons (Fsp3) is 0.312. The summed E-state index contributed by atoms with van der Waals surface area (Å²) in [6.07, 6.45) is -0.348. The molecule has 39 heavy (non-hydrogen) atoms. The van der Waals surface area contributed by atoms with Crippen molar-refractivity contribution in [1.82, 2.24) is 0 Å². The van der Waals surface area contributed by atoms with Gasteiger partial charge in [-0.05, 0) is 34.2 Å². The number of imide groups is 1. The van der Waals surface area contributed by atoms with Crippen LogP contribution >= 0.6 is 0 Å². The Balaban J connectivity index is 1.46. The summed E-state index contributed by atoms with van der Waals surface area (Å²) in [5.41, 5.74) is 2.96. The maximum atomic E-state index is 14.0. The smallest absolute Gasteiger partial charge is 0.411 e. The van der Waals surface area contributed by atoms with Crippen LogP contribution in [0.4, 0.5) is 16.2 Å². The molecule has 3 amide bonds. The molecule has 0 aromatic heterocycles. The number of carbonyl (C=O) groups excluding carboxylic acids is 4. The first kappa shape index (κ1) is 26.4. The molecule has 2 aliphatic rings. The third-order valence-corrected chi connectivity index (χ3v) is 7.54. The Kier molecular flexibility index (Phi) is 7.08. The van der Waals surface area contributed by atoms with Crippen molar-refractivity contribution in [2.75, 3.05) is 10.2 Å². The summed E-state index contributed by atoms with van der Waals surface area (Å²) in [6, 6.07) is 24.0. The summed E-state index contributed by atoms with van der Waals surface area (Å²) in [4.78, 5) is 54.3. The first-order valence-electron chi connectivity index (χ1n) is 13.2. The van der Waals surface area contributed by atoms with Crippen molar-refractivity contribution in [3.8, 4) is 0 Å². The van der Waals surface area contributed by atoms with Gasteiger partial charge in [0.25, 0.3) is 0 Å². The average molecular weight is 525 g/mol. The number of hydrogen-bond donors (Lipinski definition) is 1. The molecule has 5 rings (SSSR count). The second kappa shape index (κ2) is 10.5. The molecule has 0 radical (unpaired) electrons. The minimum absolute atomic E-state index is 0.0132. The Morgan fingerprint density at radius 1 is 0.872 bits per heavy atom. The minimum atomic E-state index is -0.704. The molecule has 1 saturated heterocycles. The number of ether oxygens (including phenoxy) is 1. The molecule has 0 bridgehead atoms. The molecule has 0 spiro atoms. The quantitative estimate of drug-likeness (QED) is 0.414. The predicted molar refractivity (Wildman–Crippen MR) is 148 cm³/mol. The van der Waals surface area contributed by atoms with E-state index in [0.717, 1.165) is 16.7 Å². The van der Waals surface area contributed by atoms with Crippen LogP contribution in [0.5, 0.6) is 0 Å². The number of rotatable bonds is 5. The van der Waals surface area contributed by atoms with Crippen LogP contribution in [0.25, 0.3) is 0 Å². The van der Waals surface area contributed by atoms with Crippen molar-refractivity contribution >= 4 is 35.1 Å². The predicted octanol–water partition coefficient (Wildman–Crippen LogP) is 5.99. The molecule has 7 heteroatoms. The molecule has 1 heterocycles. The van der Waals surface area contributed by atoms with E-state index < -0.39 is 23.3 Å². The van der Waals surface area contributed by atoms with Gasteiger partial charge in [0.1, 0.15) is 12.4 Å². The Morgan fingerprint density at radius 2 is 1.51 bits per heavy atom. The van der Waals surface area contributed by atoms with E-state index in [-0.39, 0.29) is 43.0 Å². The summed E-state index contributed by atoms with van der Waals surface area (Å²) in [5.74, 6) is -2.36. The first-order chi connectivity index (χ1) is 18.6. The molecule has 200 valence electrons. The SMILES string of the molecule is CC(C)(C)c1ccc(NC(=O)OCc2ccccc2)cc1N1C(=O)[C@H]2[C@@H](c3ccccc3)CC(=O)C[C@H]2C1=O. The number of anilines is 2. The van der Waals surface area contributed by atoms with E-state index in [2.05, 4.69) is 5.32 Å². The van der Waals surface area contributed by atoms with Crippen molar-refractivity contribution in [3.63, 3.8) is 0 Å². The van der Waals surface area contributed by atoms with Gasteiger partial charge in [-0.1, -0.05) is 87.5 Å². The van der Waals surface area contributed by atoms with Gasteiger partial charge < -0.3 is 4.74 Å². The second-order valence-electron chi connectivity index (χ2n) is 11.3. The van der Waals surface area contributed by atoms with Crippen LogP contribution in [-0.4, -0.2) is 23.7 Å². The lowest BCUT2D eigenvalue weighted by Crippen LogP contribution is -2.34. The van der Waals surface area contributed by atoms with E-state index in [9.17, 15) is 19.2 Å². The zero-order valence-electron chi connectivity index (χ0n) is 22.3. The molecule has 1 aliphatic carbocycles. The Morgan fingerprint density at radius 3 is 2.18 bits per heavy atom. The van der Waals surface area contributed by atoms with Crippen LogP contribution in [0.15, 0.2) is 78.9 Å². The number of hydrogen-bond acceptors (Lipinski definition) is 5. The van der Waals surface area contributed by atoms with Crippen LogP contribution in [0.1, 0.15) is 56.2 Å². The van der Waals surface area contributed by atoms with Gasteiger partial charge in [0.05, 0.1) is 17.5 Å². The van der Waals surface area contributed by atoms with Crippen molar-refractivity contribution in [1.29, 1.82) is 0 Å². The largest absolute Gasteiger partial charge is 0.444 e. The summed E-state index contributed by atoms with van der Waals surface area (Å²) >= 11 is 0. The highest BCUT2D eigenvalue weighted by atomic mass is 16.5. The maximum absolute atomic E-state index is 14.0. The van der Waals surface area contributed by atoms with Gasteiger partial charge in [-0.3, -0.25) is 19.7 Å². The third-order valence-electron chi connectivity index (χ3n) is 7.54. The van der Waals surface area contributed by atoms with E-state index in [1.165, 1.54) is 4.90 Å². The number of nitrogens with one attached hydrogen (secondary N) is 1. The van der Waals surface area contributed by atoms with Gasteiger partial charge in [0.2, 0.25) is 11.8 Å². The molecular formula is C32H32N2O5. The van der Waals surface area contributed by atoms with Gasteiger partial charge in [-0.25, -0.2) is 9.69 Å². The lowest BCUT2D eigenvalue weighted by molar-refractivity contribution is -0.130. The molecule has 1 saturated carbocycles. The van der Waals surface area contributed by atoms with E-state index >= 15 is 0 Å². The summed E-state index contributed by atoms with van der Waals surface area (Å²) in [6.45, 7) is 6.12. The Hall–Kier alpha value is -4.26. The molecule has 3 aromatic carbocycles. The number of benzene rings is 3. The number of nitrogens with zero attached hydrogens (tertiary/aromatic N) is 1. The number of ketones is 1. The van der Waals surface area contributed by atoms with Gasteiger partial charge in [0.15, 0.2) is 0 Å². The highest BCUT2D eigenvalue weighted by Crippen LogP contribution is 2.48. The van der Waals surface area contributed by atoms with E-state index in [1.54, 1.807) is 12.1 Å². The number of amides is 3. The van der Waals surface area contributed by atoms with Gasteiger partial charge in [0, 0.05) is 24.4 Å². The average Bonchev–Trinajstić information content (AvgIpc) is 3.16. The minimum Gasteiger partial charge on any atom is -0.444 e. The van der Waals surface area contributed by atoms with Crippen molar-refractivity contribution in [2.45, 2.75) is 51.6 Å².